The van der Waals surface area contributed by atoms with Crippen LogP contribution in [0.3, 0.4) is 0 Å². The molecule has 0 saturated carbocycles. The van der Waals surface area contributed by atoms with Crippen molar-refractivity contribution < 1.29 is 13.9 Å². The number of hydrogen-bond donors (Lipinski definition) is 2. The maximum atomic E-state index is 13.1. The molecule has 0 bridgehead atoms. The molecular weight excluding hydrogens is 224 g/mol. The normalized spacial score (nSPS) is 15.0. The van der Waals surface area contributed by atoms with Gasteiger partial charge in [-0.25, -0.2) is 8.78 Å². The van der Waals surface area contributed by atoms with Gasteiger partial charge in [-0.3, -0.25) is 0 Å². The lowest BCUT2D eigenvalue weighted by Gasteiger charge is -2.23. The molecule has 17 heavy (non-hydrogen) atoms. The zero-order valence-electron chi connectivity index (χ0n) is 10.2. The largest absolute Gasteiger partial charge is 0.388 e. The molecular formula is C13H19F2NO. The number of rotatable bonds is 5. The Kier molecular flexibility index (Phi) is 5.02. The molecule has 0 amide bonds. The van der Waals surface area contributed by atoms with Crippen LogP contribution in [0.15, 0.2) is 18.2 Å². The van der Waals surface area contributed by atoms with Crippen molar-refractivity contribution in [2.24, 2.45) is 17.6 Å². The van der Waals surface area contributed by atoms with Gasteiger partial charge in [-0.2, -0.15) is 0 Å². The first-order valence-electron chi connectivity index (χ1n) is 5.78. The van der Waals surface area contributed by atoms with Crippen LogP contribution in [-0.4, -0.2) is 11.7 Å². The SMILES string of the molecule is CC(C)CC(CN)C(O)c1ccc(F)c(F)c1. The third kappa shape index (κ3) is 3.75. The molecule has 0 aliphatic rings. The Hall–Kier alpha value is -1.00. The molecule has 0 fully saturated rings. The van der Waals surface area contributed by atoms with Crippen LogP contribution in [0.25, 0.3) is 0 Å². The van der Waals surface area contributed by atoms with E-state index in [-0.39, 0.29) is 5.92 Å². The van der Waals surface area contributed by atoms with Crippen LogP contribution in [0.4, 0.5) is 8.78 Å². The Labute approximate surface area is 100 Å². The molecule has 2 atom stereocenters. The van der Waals surface area contributed by atoms with Crippen LogP contribution in [0.1, 0.15) is 31.9 Å². The number of hydrogen-bond acceptors (Lipinski definition) is 2. The van der Waals surface area contributed by atoms with Crippen molar-refractivity contribution in [2.75, 3.05) is 6.54 Å². The molecule has 3 N–H and O–H groups in total. The van der Waals surface area contributed by atoms with Crippen molar-refractivity contribution in [3.05, 3.63) is 35.4 Å². The molecule has 2 unspecified atom stereocenters. The quantitative estimate of drug-likeness (QED) is 0.835. The van der Waals surface area contributed by atoms with Gasteiger partial charge in [-0.05, 0) is 36.6 Å². The van der Waals surface area contributed by atoms with Crippen molar-refractivity contribution in [1.82, 2.24) is 0 Å². The second-order valence-electron chi connectivity index (χ2n) is 4.74. The molecule has 0 aliphatic carbocycles. The van der Waals surface area contributed by atoms with Crippen molar-refractivity contribution in [2.45, 2.75) is 26.4 Å². The number of aliphatic hydroxyl groups excluding tert-OH is 1. The van der Waals surface area contributed by atoms with Crippen LogP contribution in [0.2, 0.25) is 0 Å². The maximum Gasteiger partial charge on any atom is 0.159 e. The monoisotopic (exact) mass is 243 g/mol. The maximum absolute atomic E-state index is 13.1. The van der Waals surface area contributed by atoms with Gasteiger partial charge in [0.1, 0.15) is 0 Å². The van der Waals surface area contributed by atoms with E-state index < -0.39 is 17.7 Å². The van der Waals surface area contributed by atoms with Crippen LogP contribution >= 0.6 is 0 Å². The lowest BCUT2D eigenvalue weighted by Crippen LogP contribution is -2.23. The summed E-state index contributed by atoms with van der Waals surface area (Å²) in [7, 11) is 0. The minimum Gasteiger partial charge on any atom is -0.388 e. The van der Waals surface area contributed by atoms with Crippen molar-refractivity contribution >= 4 is 0 Å². The Morgan fingerprint density at radius 2 is 1.88 bits per heavy atom. The van der Waals surface area contributed by atoms with Crippen LogP contribution < -0.4 is 5.73 Å². The van der Waals surface area contributed by atoms with E-state index >= 15 is 0 Å². The highest BCUT2D eigenvalue weighted by Crippen LogP contribution is 2.27. The second kappa shape index (κ2) is 6.07. The zero-order valence-corrected chi connectivity index (χ0v) is 10.2. The topological polar surface area (TPSA) is 46.2 Å². The summed E-state index contributed by atoms with van der Waals surface area (Å²) in [5, 5.41) is 10.1. The standard InChI is InChI=1S/C13H19F2NO/c1-8(2)5-10(7-16)13(17)9-3-4-11(14)12(15)6-9/h3-4,6,8,10,13,17H,5,7,16H2,1-2H3. The van der Waals surface area contributed by atoms with E-state index in [0.717, 1.165) is 18.6 Å². The summed E-state index contributed by atoms with van der Waals surface area (Å²) in [6.07, 6.45) is -0.103. The molecule has 1 rings (SSSR count). The van der Waals surface area contributed by atoms with Crippen LogP contribution in [0.5, 0.6) is 0 Å². The number of aliphatic hydroxyl groups is 1. The second-order valence-corrected chi connectivity index (χ2v) is 4.74. The average molecular weight is 243 g/mol. The lowest BCUT2D eigenvalue weighted by molar-refractivity contribution is 0.0990. The predicted molar refractivity (Wildman–Crippen MR) is 63.3 cm³/mol. The highest BCUT2D eigenvalue weighted by Gasteiger charge is 2.21. The molecule has 4 heteroatoms. The van der Waals surface area contributed by atoms with Gasteiger partial charge in [0.2, 0.25) is 0 Å². The first-order valence-corrected chi connectivity index (χ1v) is 5.78. The van der Waals surface area contributed by atoms with Gasteiger partial charge in [0, 0.05) is 5.92 Å². The Morgan fingerprint density at radius 3 is 2.35 bits per heavy atom. The van der Waals surface area contributed by atoms with Gasteiger partial charge in [0.15, 0.2) is 11.6 Å². The fraction of sp³-hybridized carbons (Fsp3) is 0.538. The molecule has 96 valence electrons. The van der Waals surface area contributed by atoms with E-state index in [0.29, 0.717) is 18.0 Å². The van der Waals surface area contributed by atoms with Crippen LogP contribution in [0, 0.1) is 23.5 Å². The first-order chi connectivity index (χ1) is 7.95. The van der Waals surface area contributed by atoms with Gasteiger partial charge in [-0.15, -0.1) is 0 Å². The molecule has 0 aliphatic heterocycles. The summed E-state index contributed by atoms with van der Waals surface area (Å²) in [6.45, 7) is 4.37. The number of nitrogens with two attached hydrogens (primary N) is 1. The van der Waals surface area contributed by atoms with E-state index in [9.17, 15) is 13.9 Å². The number of halogens is 2. The first kappa shape index (κ1) is 14.1. The van der Waals surface area contributed by atoms with E-state index in [1.807, 2.05) is 13.8 Å². The van der Waals surface area contributed by atoms with E-state index in [1.54, 1.807) is 0 Å². The highest BCUT2D eigenvalue weighted by molar-refractivity contribution is 5.20. The van der Waals surface area contributed by atoms with Gasteiger partial charge in [0.05, 0.1) is 6.10 Å². The molecule has 0 saturated heterocycles. The summed E-state index contributed by atoms with van der Waals surface area (Å²) in [4.78, 5) is 0. The van der Waals surface area contributed by atoms with Gasteiger partial charge < -0.3 is 10.8 Å². The molecule has 0 heterocycles. The van der Waals surface area contributed by atoms with E-state index in [2.05, 4.69) is 0 Å². The van der Waals surface area contributed by atoms with Crippen molar-refractivity contribution in [3.63, 3.8) is 0 Å². The Morgan fingerprint density at radius 1 is 1.24 bits per heavy atom. The van der Waals surface area contributed by atoms with Gasteiger partial charge in [0.25, 0.3) is 0 Å². The molecule has 0 spiro atoms. The average Bonchev–Trinajstić information content (AvgIpc) is 2.28. The van der Waals surface area contributed by atoms with E-state index in [4.69, 9.17) is 5.73 Å². The molecule has 1 aromatic carbocycles. The van der Waals surface area contributed by atoms with Crippen molar-refractivity contribution in [1.29, 1.82) is 0 Å². The predicted octanol–water partition coefficient (Wildman–Crippen LogP) is 2.62. The minimum absolute atomic E-state index is 0.139. The number of benzene rings is 1. The fourth-order valence-corrected chi connectivity index (χ4v) is 1.93. The van der Waals surface area contributed by atoms with Gasteiger partial charge >= 0.3 is 0 Å². The third-order valence-electron chi connectivity index (χ3n) is 2.81. The third-order valence-corrected chi connectivity index (χ3v) is 2.81. The fourth-order valence-electron chi connectivity index (χ4n) is 1.93. The summed E-state index contributed by atoms with van der Waals surface area (Å²) in [5.41, 5.74) is 5.97. The summed E-state index contributed by atoms with van der Waals surface area (Å²) in [5.74, 6) is -1.60. The molecule has 2 nitrogen and oxygen atoms in total. The smallest absolute Gasteiger partial charge is 0.159 e. The summed E-state index contributed by atoms with van der Waals surface area (Å²) >= 11 is 0. The van der Waals surface area contributed by atoms with Gasteiger partial charge in [-0.1, -0.05) is 19.9 Å². The van der Waals surface area contributed by atoms with Crippen LogP contribution in [-0.2, 0) is 0 Å². The van der Waals surface area contributed by atoms with E-state index in [1.165, 1.54) is 6.07 Å². The Bertz CT molecular complexity index is 368. The zero-order chi connectivity index (χ0) is 13.0. The lowest BCUT2D eigenvalue weighted by atomic mass is 9.88. The minimum atomic E-state index is -0.943. The van der Waals surface area contributed by atoms with Crippen molar-refractivity contribution in [3.8, 4) is 0 Å². The molecule has 1 aromatic rings. The molecule has 0 radical (unpaired) electrons. The Balaban J connectivity index is 2.85. The summed E-state index contributed by atoms with van der Waals surface area (Å²) in [6, 6.07) is 3.45. The highest BCUT2D eigenvalue weighted by atomic mass is 19.2. The molecule has 0 aromatic heterocycles. The summed E-state index contributed by atoms with van der Waals surface area (Å²) < 4.78 is 25.8.